The van der Waals surface area contributed by atoms with Gasteiger partial charge in [-0.25, -0.2) is 0 Å². The number of nitrogens with one attached hydrogen (secondary N) is 2. The smallest absolute Gasteiger partial charge is 0.255 e. The number of hydrogen-bond acceptors (Lipinski definition) is 5. The molecule has 4 rings (SSSR count). The van der Waals surface area contributed by atoms with Crippen LogP contribution in [0, 0.1) is 5.41 Å². The number of rotatable bonds is 2. The third kappa shape index (κ3) is 6.60. The van der Waals surface area contributed by atoms with Gasteiger partial charge in [-0.15, -0.1) is 0 Å². The molecule has 2 N–H and O–H groups in total. The van der Waals surface area contributed by atoms with E-state index in [2.05, 4.69) is 34.3 Å². The van der Waals surface area contributed by atoms with E-state index in [0.29, 0.717) is 36.5 Å². The maximum absolute atomic E-state index is 13.7. The van der Waals surface area contributed by atoms with Crippen molar-refractivity contribution < 1.29 is 14.3 Å². The summed E-state index contributed by atoms with van der Waals surface area (Å²) < 4.78 is 6.00. The number of para-hydroxylation sites is 1. The summed E-state index contributed by atoms with van der Waals surface area (Å²) in [7, 11) is 0. The molecule has 2 amide bonds. The molecule has 1 spiro atoms. The highest BCUT2D eigenvalue weighted by molar-refractivity contribution is 5.96. The fourth-order valence-corrected chi connectivity index (χ4v) is 6.15. The number of carbonyl (C=O) groups is 2. The van der Waals surface area contributed by atoms with E-state index in [4.69, 9.17) is 4.74 Å². The van der Waals surface area contributed by atoms with Gasteiger partial charge in [-0.2, -0.15) is 0 Å². The molecule has 1 aromatic carbocycles. The molecular formula is C29H46N4O3. The lowest BCUT2D eigenvalue weighted by molar-refractivity contribution is -0.136. The summed E-state index contributed by atoms with van der Waals surface area (Å²) >= 11 is 0. The molecule has 1 atom stereocenters. The van der Waals surface area contributed by atoms with Crippen LogP contribution < -0.4 is 15.4 Å². The molecule has 2 fully saturated rings. The van der Waals surface area contributed by atoms with Gasteiger partial charge in [-0.3, -0.25) is 9.59 Å². The van der Waals surface area contributed by atoms with Crippen molar-refractivity contribution in [1.82, 2.24) is 20.4 Å². The lowest BCUT2D eigenvalue weighted by atomic mass is 9.73. The molecule has 2 saturated heterocycles. The Labute approximate surface area is 217 Å². The van der Waals surface area contributed by atoms with Crippen LogP contribution >= 0.6 is 0 Å². The van der Waals surface area contributed by atoms with E-state index in [1.54, 1.807) is 6.07 Å². The molecule has 0 aliphatic carbocycles. The minimum atomic E-state index is -0.301. The van der Waals surface area contributed by atoms with Crippen LogP contribution in [0.25, 0.3) is 0 Å². The fraction of sp³-hybridized carbons (Fsp3) is 0.724. The highest BCUT2D eigenvalue weighted by Gasteiger charge is 2.42. The molecule has 7 nitrogen and oxygen atoms in total. The Bertz CT molecular complexity index is 873. The van der Waals surface area contributed by atoms with Gasteiger partial charge in [-0.1, -0.05) is 25.0 Å². The Balaban J connectivity index is 1.39. The van der Waals surface area contributed by atoms with Gasteiger partial charge in [0, 0.05) is 18.6 Å². The second-order valence-electron chi connectivity index (χ2n) is 11.4. The average molecular weight is 499 g/mol. The van der Waals surface area contributed by atoms with Gasteiger partial charge in [0.25, 0.3) is 5.91 Å². The topological polar surface area (TPSA) is 73.9 Å². The van der Waals surface area contributed by atoms with Crippen LogP contribution in [0.1, 0.15) is 82.5 Å². The second-order valence-corrected chi connectivity index (χ2v) is 11.4. The molecule has 3 aliphatic rings. The molecule has 0 aromatic heterocycles. The Hall–Kier alpha value is -2.12. The summed E-state index contributed by atoms with van der Waals surface area (Å²) in [5.74, 6) is 0.656. The number of nitrogens with zero attached hydrogens (tertiary/aromatic N) is 2. The summed E-state index contributed by atoms with van der Waals surface area (Å²) in [5, 5.41) is 6.31. The minimum absolute atomic E-state index is 0.0970. The van der Waals surface area contributed by atoms with Crippen LogP contribution in [0.4, 0.5) is 0 Å². The van der Waals surface area contributed by atoms with E-state index >= 15 is 0 Å². The van der Waals surface area contributed by atoms with Crippen molar-refractivity contribution in [2.45, 2.75) is 90.3 Å². The lowest BCUT2D eigenvalue weighted by Gasteiger charge is -2.46. The van der Waals surface area contributed by atoms with E-state index in [1.165, 1.54) is 25.9 Å². The molecule has 3 aliphatic heterocycles. The molecule has 0 unspecified atom stereocenters. The molecular weight excluding hydrogens is 452 g/mol. The van der Waals surface area contributed by atoms with Crippen molar-refractivity contribution in [3.63, 3.8) is 0 Å². The molecule has 1 aromatic rings. The highest BCUT2D eigenvalue weighted by Crippen LogP contribution is 2.39. The number of benzene rings is 1. The number of ether oxygens (including phenoxy) is 1. The van der Waals surface area contributed by atoms with Crippen molar-refractivity contribution in [1.29, 1.82) is 0 Å². The summed E-state index contributed by atoms with van der Waals surface area (Å²) in [6.45, 7) is 11.9. The predicted molar refractivity (Wildman–Crippen MR) is 143 cm³/mol. The van der Waals surface area contributed by atoms with Gasteiger partial charge in [-0.05, 0) is 97.6 Å². The number of carbonyl (C=O) groups excluding carboxylic acids is 2. The van der Waals surface area contributed by atoms with Gasteiger partial charge in [0.1, 0.15) is 12.4 Å². The Morgan fingerprint density at radius 2 is 1.69 bits per heavy atom. The zero-order valence-electron chi connectivity index (χ0n) is 22.6. The first-order valence-corrected chi connectivity index (χ1v) is 14.2. The predicted octanol–water partition coefficient (Wildman–Crippen LogP) is 3.83. The van der Waals surface area contributed by atoms with Gasteiger partial charge in [0.05, 0.1) is 17.0 Å². The van der Waals surface area contributed by atoms with Gasteiger partial charge in [0.15, 0.2) is 0 Å². The van der Waals surface area contributed by atoms with Crippen LogP contribution in [-0.4, -0.2) is 79.1 Å². The maximum Gasteiger partial charge on any atom is 0.255 e. The first-order chi connectivity index (χ1) is 17.4. The summed E-state index contributed by atoms with van der Waals surface area (Å²) in [6.07, 6.45) is 8.19. The zero-order chi connectivity index (χ0) is 25.5. The second kappa shape index (κ2) is 12.4. The van der Waals surface area contributed by atoms with Gasteiger partial charge >= 0.3 is 0 Å². The summed E-state index contributed by atoms with van der Waals surface area (Å²) in [6, 6.07) is 8.49. The number of amides is 2. The van der Waals surface area contributed by atoms with Crippen LogP contribution in [0.5, 0.6) is 5.75 Å². The molecule has 0 bridgehead atoms. The van der Waals surface area contributed by atoms with Crippen LogP contribution in [-0.2, 0) is 4.79 Å². The normalized spacial score (nSPS) is 25.8. The maximum atomic E-state index is 13.7. The molecule has 36 heavy (non-hydrogen) atoms. The van der Waals surface area contributed by atoms with Gasteiger partial charge < -0.3 is 25.2 Å². The number of likely N-dealkylation sites (tertiary alicyclic amines) is 2. The van der Waals surface area contributed by atoms with Crippen molar-refractivity contribution >= 4 is 11.8 Å². The zero-order valence-corrected chi connectivity index (χ0v) is 22.6. The fourth-order valence-electron chi connectivity index (χ4n) is 6.15. The quantitative estimate of drug-likeness (QED) is 0.648. The Morgan fingerprint density at radius 3 is 2.42 bits per heavy atom. The first-order valence-electron chi connectivity index (χ1n) is 14.2. The SMILES string of the molecule is CC(C)N1CCC(N2CCC3(CCCCCNC(=O)c4ccccc4OC[C@H](C)NC3=O)CC2)CC1. The standard InChI is InChI=1S/C29H46N4O3/c1-22(2)32-17-11-24(12-18-32)33-19-14-29(15-20-33)13-7-4-8-16-30-27(34)25-9-5-6-10-26(25)36-21-23(3)31-28(29)35/h5-6,9-10,22-24H,4,7-8,11-21H2,1-3H3,(H,30,34)(H,31,35)/t23-/m0/s1. The van der Waals surface area contributed by atoms with Crippen LogP contribution in [0.3, 0.4) is 0 Å². The minimum Gasteiger partial charge on any atom is -0.491 e. The third-order valence-electron chi connectivity index (χ3n) is 8.60. The van der Waals surface area contributed by atoms with E-state index in [1.807, 2.05) is 25.1 Å². The number of fused-ring (bicyclic) bond motifs is 1. The number of piperidine rings is 2. The van der Waals surface area contributed by atoms with Crippen LogP contribution in [0.15, 0.2) is 24.3 Å². The molecule has 7 heteroatoms. The molecule has 0 saturated carbocycles. The van der Waals surface area contributed by atoms with Crippen molar-refractivity contribution in [3.8, 4) is 5.75 Å². The van der Waals surface area contributed by atoms with Gasteiger partial charge in [0.2, 0.25) is 5.91 Å². The average Bonchev–Trinajstić information content (AvgIpc) is 2.89. The Morgan fingerprint density at radius 1 is 0.972 bits per heavy atom. The van der Waals surface area contributed by atoms with E-state index in [0.717, 1.165) is 51.6 Å². The summed E-state index contributed by atoms with van der Waals surface area (Å²) in [5.41, 5.74) is 0.249. The number of hydrogen-bond donors (Lipinski definition) is 2. The molecule has 0 radical (unpaired) electrons. The monoisotopic (exact) mass is 498 g/mol. The van der Waals surface area contributed by atoms with Crippen LogP contribution in [0.2, 0.25) is 0 Å². The van der Waals surface area contributed by atoms with E-state index in [9.17, 15) is 9.59 Å². The lowest BCUT2D eigenvalue weighted by Crippen LogP contribution is -2.55. The van der Waals surface area contributed by atoms with Crippen molar-refractivity contribution in [2.24, 2.45) is 5.41 Å². The first kappa shape index (κ1) is 26.9. The van der Waals surface area contributed by atoms with E-state index < -0.39 is 0 Å². The summed E-state index contributed by atoms with van der Waals surface area (Å²) in [4.78, 5) is 31.6. The third-order valence-corrected chi connectivity index (χ3v) is 8.60. The van der Waals surface area contributed by atoms with Crippen molar-refractivity contribution in [3.05, 3.63) is 29.8 Å². The molecule has 200 valence electrons. The largest absolute Gasteiger partial charge is 0.491 e. The Kier molecular flexibility index (Phi) is 9.29. The molecule has 3 heterocycles. The highest BCUT2D eigenvalue weighted by atomic mass is 16.5. The van der Waals surface area contributed by atoms with E-state index in [-0.39, 0.29) is 23.3 Å². The van der Waals surface area contributed by atoms with Crippen molar-refractivity contribution in [2.75, 3.05) is 39.3 Å².